The highest BCUT2D eigenvalue weighted by molar-refractivity contribution is 5.73. The molecule has 1 aromatic rings. The minimum absolute atomic E-state index is 0.294. The largest absolute Gasteiger partial charge is 0.450 e. The Morgan fingerprint density at radius 1 is 1.44 bits per heavy atom. The quantitative estimate of drug-likeness (QED) is 0.767. The fraction of sp³-hybridized carbons (Fsp3) is 0.333. The highest BCUT2D eigenvalue weighted by Crippen LogP contribution is 2.02. The van der Waals surface area contributed by atoms with Crippen molar-refractivity contribution < 1.29 is 14.3 Å². The molecule has 0 radical (unpaired) electrons. The Morgan fingerprint density at radius 3 is 2.69 bits per heavy atom. The minimum atomic E-state index is -0.560. The molecule has 0 fully saturated rings. The maximum absolute atomic E-state index is 11.1. The van der Waals surface area contributed by atoms with Gasteiger partial charge in [-0.05, 0) is 18.9 Å². The number of ether oxygens (including phenoxy) is 1. The number of hydrogen-bond donors (Lipinski definition) is 1. The van der Waals surface area contributed by atoms with Crippen LogP contribution >= 0.6 is 0 Å². The van der Waals surface area contributed by atoms with Gasteiger partial charge < -0.3 is 14.8 Å². The Kier molecular flexibility index (Phi) is 5.05. The van der Waals surface area contributed by atoms with Crippen molar-refractivity contribution in [1.29, 1.82) is 0 Å². The number of carbonyl (C=O) groups excluding carboxylic acids is 2. The summed E-state index contributed by atoms with van der Waals surface area (Å²) in [5.74, 6) is 0. The molecular weight excluding hydrogens is 206 g/mol. The first-order valence-corrected chi connectivity index (χ1v) is 5.18. The van der Waals surface area contributed by atoms with E-state index in [1.54, 1.807) is 6.92 Å². The second-order valence-corrected chi connectivity index (χ2v) is 3.30. The number of alkyl carbamates (subject to hydrolysis) is 1. The summed E-state index contributed by atoms with van der Waals surface area (Å²) in [5.41, 5.74) is 0.997. The van der Waals surface area contributed by atoms with Gasteiger partial charge in [0.2, 0.25) is 0 Å². The molecule has 0 bridgehead atoms. The van der Waals surface area contributed by atoms with Crippen LogP contribution in [0.4, 0.5) is 4.79 Å². The predicted molar refractivity (Wildman–Crippen MR) is 60.2 cm³/mol. The van der Waals surface area contributed by atoms with Gasteiger partial charge in [-0.15, -0.1) is 0 Å². The van der Waals surface area contributed by atoms with Gasteiger partial charge in [0, 0.05) is 0 Å². The van der Waals surface area contributed by atoms with Crippen LogP contribution in [0.2, 0.25) is 0 Å². The second kappa shape index (κ2) is 6.61. The molecule has 0 aliphatic carbocycles. The smallest absolute Gasteiger partial charge is 0.407 e. The summed E-state index contributed by atoms with van der Waals surface area (Å²) in [6, 6.07) is 8.95. The van der Waals surface area contributed by atoms with Crippen LogP contribution in [0.25, 0.3) is 0 Å². The first-order valence-electron chi connectivity index (χ1n) is 5.18. The normalized spacial score (nSPS) is 11.6. The summed E-state index contributed by atoms with van der Waals surface area (Å²) in [5, 5.41) is 2.49. The van der Waals surface area contributed by atoms with Gasteiger partial charge in [-0.3, -0.25) is 0 Å². The molecule has 0 saturated heterocycles. The van der Waals surface area contributed by atoms with Gasteiger partial charge in [0.05, 0.1) is 12.6 Å². The Hall–Kier alpha value is -1.84. The maximum Gasteiger partial charge on any atom is 0.407 e. The van der Waals surface area contributed by atoms with E-state index >= 15 is 0 Å². The molecule has 1 N–H and O–H groups in total. The fourth-order valence-corrected chi connectivity index (χ4v) is 1.33. The van der Waals surface area contributed by atoms with Crippen molar-refractivity contribution in [1.82, 2.24) is 5.32 Å². The van der Waals surface area contributed by atoms with Gasteiger partial charge >= 0.3 is 6.09 Å². The number of nitrogens with one attached hydrogen (secondary N) is 1. The van der Waals surface area contributed by atoms with Gasteiger partial charge in [-0.1, -0.05) is 30.3 Å². The number of aldehydes is 1. The number of carbonyl (C=O) groups is 2. The van der Waals surface area contributed by atoms with E-state index in [-0.39, 0.29) is 0 Å². The van der Waals surface area contributed by atoms with E-state index in [0.717, 1.165) is 5.56 Å². The summed E-state index contributed by atoms with van der Waals surface area (Å²) in [6.07, 6.45) is 0.628. The molecule has 1 rings (SSSR count). The van der Waals surface area contributed by atoms with E-state index < -0.39 is 12.1 Å². The van der Waals surface area contributed by atoms with Crippen molar-refractivity contribution in [3.63, 3.8) is 0 Å². The molecule has 0 heterocycles. The van der Waals surface area contributed by atoms with Crippen molar-refractivity contribution in [2.45, 2.75) is 19.4 Å². The van der Waals surface area contributed by atoms with E-state index in [9.17, 15) is 9.59 Å². The topological polar surface area (TPSA) is 55.4 Å². The van der Waals surface area contributed by atoms with E-state index in [2.05, 4.69) is 5.32 Å². The van der Waals surface area contributed by atoms with Gasteiger partial charge in [-0.25, -0.2) is 4.79 Å². The molecule has 4 nitrogen and oxygen atoms in total. The average Bonchev–Trinajstić information content (AvgIpc) is 2.30. The Labute approximate surface area is 94.6 Å². The molecule has 1 atom stereocenters. The summed E-state index contributed by atoms with van der Waals surface area (Å²) in [7, 11) is 0. The standard InChI is InChI=1S/C12H15NO3/c1-2-16-12(15)13-11(9-14)8-10-6-4-3-5-7-10/h3-7,9,11H,2,8H2,1H3,(H,13,15). The van der Waals surface area contributed by atoms with Crippen LogP contribution in [-0.4, -0.2) is 25.0 Å². The summed E-state index contributed by atoms with van der Waals surface area (Å²) >= 11 is 0. The second-order valence-electron chi connectivity index (χ2n) is 3.30. The van der Waals surface area contributed by atoms with Crippen LogP contribution in [0.5, 0.6) is 0 Å². The van der Waals surface area contributed by atoms with Crippen molar-refractivity contribution in [3.05, 3.63) is 35.9 Å². The molecule has 0 saturated carbocycles. The SMILES string of the molecule is CCOC(=O)NC(C=O)Cc1ccccc1. The molecular formula is C12H15NO3. The lowest BCUT2D eigenvalue weighted by atomic mass is 10.1. The third kappa shape index (κ3) is 4.13. The lowest BCUT2D eigenvalue weighted by molar-refractivity contribution is -0.109. The average molecular weight is 221 g/mol. The van der Waals surface area contributed by atoms with Crippen LogP contribution < -0.4 is 5.32 Å². The van der Waals surface area contributed by atoms with E-state index in [1.165, 1.54) is 0 Å². The number of hydrogen-bond acceptors (Lipinski definition) is 3. The Morgan fingerprint density at radius 2 is 2.12 bits per heavy atom. The summed E-state index contributed by atoms with van der Waals surface area (Å²) < 4.78 is 4.70. The zero-order chi connectivity index (χ0) is 11.8. The highest BCUT2D eigenvalue weighted by atomic mass is 16.5. The lowest BCUT2D eigenvalue weighted by Gasteiger charge is -2.12. The highest BCUT2D eigenvalue weighted by Gasteiger charge is 2.11. The molecule has 1 unspecified atom stereocenters. The summed E-state index contributed by atoms with van der Waals surface area (Å²) in [6.45, 7) is 2.01. The zero-order valence-corrected chi connectivity index (χ0v) is 9.18. The van der Waals surface area contributed by atoms with E-state index in [4.69, 9.17) is 4.74 Å². The van der Waals surface area contributed by atoms with Gasteiger partial charge in [0.25, 0.3) is 0 Å². The maximum atomic E-state index is 11.1. The van der Waals surface area contributed by atoms with Crippen molar-refractivity contribution in [2.24, 2.45) is 0 Å². The first kappa shape index (κ1) is 12.2. The van der Waals surface area contributed by atoms with Gasteiger partial charge in [-0.2, -0.15) is 0 Å². The third-order valence-corrected chi connectivity index (χ3v) is 2.04. The minimum Gasteiger partial charge on any atom is -0.450 e. The lowest BCUT2D eigenvalue weighted by Crippen LogP contribution is -2.37. The van der Waals surface area contributed by atoms with Crippen LogP contribution in [0.3, 0.4) is 0 Å². The predicted octanol–water partition coefficient (Wildman–Crippen LogP) is 1.54. The molecule has 0 spiro atoms. The van der Waals surface area contributed by atoms with Crippen LogP contribution in [0.1, 0.15) is 12.5 Å². The third-order valence-electron chi connectivity index (χ3n) is 2.04. The first-order chi connectivity index (χ1) is 7.76. The molecule has 0 aromatic heterocycles. The van der Waals surface area contributed by atoms with E-state index in [0.29, 0.717) is 19.3 Å². The van der Waals surface area contributed by atoms with Crippen molar-refractivity contribution in [2.75, 3.05) is 6.61 Å². The molecule has 86 valence electrons. The molecule has 1 aromatic carbocycles. The van der Waals surface area contributed by atoms with Crippen LogP contribution in [0, 0.1) is 0 Å². The van der Waals surface area contributed by atoms with Gasteiger partial charge in [0.15, 0.2) is 0 Å². The van der Waals surface area contributed by atoms with Crippen LogP contribution in [-0.2, 0) is 16.0 Å². The van der Waals surface area contributed by atoms with Crippen LogP contribution in [0.15, 0.2) is 30.3 Å². The molecule has 0 aliphatic heterocycles. The zero-order valence-electron chi connectivity index (χ0n) is 9.18. The molecule has 1 amide bonds. The van der Waals surface area contributed by atoms with Gasteiger partial charge in [0.1, 0.15) is 6.29 Å². The number of amides is 1. The van der Waals surface area contributed by atoms with E-state index in [1.807, 2.05) is 30.3 Å². The molecule has 0 aliphatic rings. The fourth-order valence-electron chi connectivity index (χ4n) is 1.33. The number of benzene rings is 1. The number of rotatable bonds is 5. The van der Waals surface area contributed by atoms with Crippen molar-refractivity contribution in [3.8, 4) is 0 Å². The Balaban J connectivity index is 2.49. The molecule has 16 heavy (non-hydrogen) atoms. The van der Waals surface area contributed by atoms with Crippen molar-refractivity contribution >= 4 is 12.4 Å². The Bertz CT molecular complexity index is 337. The molecule has 4 heteroatoms. The monoisotopic (exact) mass is 221 g/mol. The summed E-state index contributed by atoms with van der Waals surface area (Å²) in [4.78, 5) is 21.9.